The third-order valence-electron chi connectivity index (χ3n) is 3.99. The van der Waals surface area contributed by atoms with Crippen molar-refractivity contribution >= 4 is 17.4 Å². The van der Waals surface area contributed by atoms with Crippen molar-refractivity contribution in [2.24, 2.45) is 0 Å². The number of benzene rings is 2. The Hall–Kier alpha value is -3.46. The molecule has 0 saturated heterocycles. The molecular weight excluding hydrogens is 370 g/mol. The molecule has 0 atom stereocenters. The molecule has 28 heavy (non-hydrogen) atoms. The van der Waals surface area contributed by atoms with Gasteiger partial charge in [0.1, 0.15) is 18.1 Å². The number of rotatable bonds is 7. The fraction of sp³-hybridized carbons (Fsp3) is 0.263. The fourth-order valence-electron chi connectivity index (χ4n) is 2.62. The molecule has 0 bridgehead atoms. The van der Waals surface area contributed by atoms with E-state index in [0.717, 1.165) is 0 Å². The average molecular weight is 387 g/mol. The Morgan fingerprint density at radius 1 is 1.21 bits per heavy atom. The molecule has 1 heterocycles. The van der Waals surface area contributed by atoms with Gasteiger partial charge < -0.3 is 18.9 Å². The number of carbonyl (C=O) groups is 2. The van der Waals surface area contributed by atoms with Gasteiger partial charge in [0.2, 0.25) is 0 Å². The van der Waals surface area contributed by atoms with Crippen LogP contribution in [0.1, 0.15) is 28.4 Å². The first-order chi connectivity index (χ1) is 13.4. The van der Waals surface area contributed by atoms with Crippen molar-refractivity contribution in [2.75, 3.05) is 13.4 Å². The largest absolute Gasteiger partial charge is 0.482 e. The Morgan fingerprint density at radius 3 is 2.64 bits per heavy atom. The molecule has 2 aromatic rings. The van der Waals surface area contributed by atoms with E-state index in [2.05, 4.69) is 0 Å². The minimum Gasteiger partial charge on any atom is -0.482 e. The van der Waals surface area contributed by atoms with E-state index >= 15 is 0 Å². The van der Waals surface area contributed by atoms with Crippen LogP contribution in [0.5, 0.6) is 11.5 Å². The summed E-state index contributed by atoms with van der Waals surface area (Å²) in [5, 5.41) is 11.1. The number of fused-ring (bicyclic) bond motifs is 1. The van der Waals surface area contributed by atoms with E-state index in [1.165, 1.54) is 19.1 Å². The molecule has 0 amide bonds. The Balaban J connectivity index is 1.60. The molecule has 3 rings (SSSR count). The van der Waals surface area contributed by atoms with Crippen LogP contribution < -0.4 is 9.47 Å². The van der Waals surface area contributed by atoms with Gasteiger partial charge in [0.05, 0.1) is 11.5 Å². The Morgan fingerprint density at radius 2 is 1.96 bits per heavy atom. The lowest BCUT2D eigenvalue weighted by molar-refractivity contribution is -0.385. The minimum atomic E-state index is -0.650. The second-order valence-electron chi connectivity index (χ2n) is 5.99. The molecule has 9 heteroatoms. The first-order valence-corrected chi connectivity index (χ1v) is 8.34. The molecule has 2 aromatic carbocycles. The van der Waals surface area contributed by atoms with Gasteiger partial charge in [-0.25, -0.2) is 4.79 Å². The maximum absolute atomic E-state index is 12.0. The highest BCUT2D eigenvalue weighted by Gasteiger charge is 2.21. The van der Waals surface area contributed by atoms with Gasteiger partial charge in [-0.15, -0.1) is 0 Å². The molecule has 1 aliphatic heterocycles. The lowest BCUT2D eigenvalue weighted by Gasteiger charge is -2.20. The second kappa shape index (κ2) is 8.49. The summed E-state index contributed by atoms with van der Waals surface area (Å²) in [5.41, 5.74) is 1.30. The molecule has 1 aliphatic rings. The van der Waals surface area contributed by atoms with Crippen molar-refractivity contribution in [3.63, 3.8) is 0 Å². The monoisotopic (exact) mass is 387 g/mol. The summed E-state index contributed by atoms with van der Waals surface area (Å²) in [6.45, 7) is 1.11. The van der Waals surface area contributed by atoms with E-state index in [9.17, 15) is 19.7 Å². The summed E-state index contributed by atoms with van der Waals surface area (Å²) >= 11 is 0. The molecule has 0 fully saturated rings. The number of esters is 1. The Kier molecular flexibility index (Phi) is 5.85. The number of hydrogen-bond donors (Lipinski definition) is 0. The molecule has 0 spiro atoms. The van der Waals surface area contributed by atoms with E-state index in [-0.39, 0.29) is 38.1 Å². The zero-order chi connectivity index (χ0) is 20.1. The highest BCUT2D eigenvalue weighted by molar-refractivity contribution is 5.94. The molecule has 0 aromatic heterocycles. The van der Waals surface area contributed by atoms with E-state index in [1.54, 1.807) is 24.3 Å². The number of Topliss-reactive ketones (excluding diaryl/α,β-unsaturated/α-hetero) is 1. The molecule has 0 saturated carbocycles. The molecule has 9 nitrogen and oxygen atoms in total. The van der Waals surface area contributed by atoms with E-state index < -0.39 is 10.9 Å². The van der Waals surface area contributed by atoms with Crippen molar-refractivity contribution in [3.8, 4) is 11.5 Å². The molecule has 0 radical (unpaired) electrons. The molecule has 0 aliphatic carbocycles. The molecule has 0 unspecified atom stereocenters. The van der Waals surface area contributed by atoms with Gasteiger partial charge in [0, 0.05) is 28.8 Å². The highest BCUT2D eigenvalue weighted by Crippen LogP contribution is 2.33. The zero-order valence-electron chi connectivity index (χ0n) is 15.0. The first kappa shape index (κ1) is 19.3. The summed E-state index contributed by atoms with van der Waals surface area (Å²) in [6, 6.07) is 9.02. The highest BCUT2D eigenvalue weighted by atomic mass is 16.7. The van der Waals surface area contributed by atoms with Crippen LogP contribution in [0.2, 0.25) is 0 Å². The second-order valence-corrected chi connectivity index (χ2v) is 5.99. The fourth-order valence-corrected chi connectivity index (χ4v) is 2.62. The number of non-ortho nitro benzene ring substituents is 1. The van der Waals surface area contributed by atoms with E-state index in [1.807, 2.05) is 0 Å². The van der Waals surface area contributed by atoms with Crippen LogP contribution in [0.4, 0.5) is 5.69 Å². The van der Waals surface area contributed by atoms with E-state index in [4.69, 9.17) is 18.9 Å². The van der Waals surface area contributed by atoms with Crippen molar-refractivity contribution in [1.29, 1.82) is 0 Å². The maximum Gasteiger partial charge on any atom is 0.344 e. The lowest BCUT2D eigenvalue weighted by atomic mass is 10.1. The lowest BCUT2D eigenvalue weighted by Crippen LogP contribution is -2.17. The normalized spacial score (nSPS) is 12.5. The Labute approximate surface area is 159 Å². The number of nitro benzene ring substituents is 1. The number of ketones is 1. The predicted octanol–water partition coefficient (Wildman–Crippen LogP) is 2.79. The van der Waals surface area contributed by atoms with Gasteiger partial charge in [-0.3, -0.25) is 14.9 Å². The van der Waals surface area contributed by atoms with Gasteiger partial charge >= 0.3 is 5.97 Å². The Bertz CT molecular complexity index is 907. The standard InChI is InChI=1S/C19H17NO8/c1-12(21)13-2-4-17(5-3-13)26-10-18(22)27-9-15-7-16(20(23)24)6-14-8-25-11-28-19(14)15/h2-7H,8-11H2,1H3. The van der Waals surface area contributed by atoms with Crippen LogP contribution in [0.25, 0.3) is 0 Å². The van der Waals surface area contributed by atoms with Crippen molar-refractivity contribution in [1.82, 2.24) is 0 Å². The van der Waals surface area contributed by atoms with Crippen LogP contribution in [-0.4, -0.2) is 30.1 Å². The predicted molar refractivity (Wildman–Crippen MR) is 95.1 cm³/mol. The van der Waals surface area contributed by atoms with E-state index in [0.29, 0.717) is 28.2 Å². The molecular formula is C19H17NO8. The van der Waals surface area contributed by atoms with Crippen molar-refractivity contribution in [2.45, 2.75) is 20.1 Å². The smallest absolute Gasteiger partial charge is 0.344 e. The summed E-state index contributed by atoms with van der Waals surface area (Å²) < 4.78 is 21.0. The SMILES string of the molecule is CC(=O)c1ccc(OCC(=O)OCc2cc([N+](=O)[O-])cc3c2OCOC3)cc1. The summed E-state index contributed by atoms with van der Waals surface area (Å²) in [5.74, 6) is 0.113. The van der Waals surface area contributed by atoms with Gasteiger partial charge in [0.25, 0.3) is 5.69 Å². The minimum absolute atomic E-state index is 0.0190. The topological polar surface area (TPSA) is 114 Å². The number of hydrogen-bond acceptors (Lipinski definition) is 8. The van der Waals surface area contributed by atoms with Gasteiger partial charge in [0.15, 0.2) is 19.2 Å². The number of nitro groups is 1. The van der Waals surface area contributed by atoms with Crippen LogP contribution in [0.3, 0.4) is 0 Å². The third-order valence-corrected chi connectivity index (χ3v) is 3.99. The number of carbonyl (C=O) groups excluding carboxylic acids is 2. The quantitative estimate of drug-likeness (QED) is 0.308. The maximum atomic E-state index is 12.0. The zero-order valence-corrected chi connectivity index (χ0v) is 15.0. The van der Waals surface area contributed by atoms with Gasteiger partial charge in [-0.05, 0) is 31.2 Å². The van der Waals surface area contributed by atoms with Crippen molar-refractivity contribution in [3.05, 3.63) is 63.2 Å². The molecule has 0 N–H and O–H groups in total. The summed E-state index contributed by atoms with van der Waals surface area (Å²) in [6.07, 6.45) is 0. The number of ether oxygens (including phenoxy) is 4. The molecule has 146 valence electrons. The van der Waals surface area contributed by atoms with Gasteiger partial charge in [-0.2, -0.15) is 0 Å². The van der Waals surface area contributed by atoms with Crippen LogP contribution in [-0.2, 0) is 27.5 Å². The van der Waals surface area contributed by atoms with Crippen molar-refractivity contribution < 1.29 is 33.5 Å². The summed E-state index contributed by atoms with van der Waals surface area (Å²) in [7, 11) is 0. The average Bonchev–Trinajstić information content (AvgIpc) is 2.70. The summed E-state index contributed by atoms with van der Waals surface area (Å²) in [4.78, 5) is 33.7. The van der Waals surface area contributed by atoms with Crippen LogP contribution in [0, 0.1) is 10.1 Å². The number of nitrogens with zero attached hydrogens (tertiary/aromatic N) is 1. The van der Waals surface area contributed by atoms with Crippen LogP contribution >= 0.6 is 0 Å². The van der Waals surface area contributed by atoms with Crippen LogP contribution in [0.15, 0.2) is 36.4 Å². The first-order valence-electron chi connectivity index (χ1n) is 8.34. The van der Waals surface area contributed by atoms with Gasteiger partial charge in [-0.1, -0.05) is 0 Å². The third kappa shape index (κ3) is 4.63.